The molecular weight excluding hydrogens is 366 g/mol. The molecule has 0 saturated heterocycles. The third-order valence-corrected chi connectivity index (χ3v) is 5.07. The average Bonchev–Trinajstić information content (AvgIpc) is 3.08. The third kappa shape index (κ3) is 3.25. The van der Waals surface area contributed by atoms with E-state index in [1.54, 1.807) is 31.3 Å². The van der Waals surface area contributed by atoms with Gasteiger partial charge in [0.25, 0.3) is 0 Å². The van der Waals surface area contributed by atoms with Crippen LogP contribution in [0.1, 0.15) is 33.2 Å². The van der Waals surface area contributed by atoms with Crippen molar-refractivity contribution in [1.29, 1.82) is 0 Å². The number of esters is 1. The van der Waals surface area contributed by atoms with Crippen molar-refractivity contribution in [2.45, 2.75) is 13.0 Å². The normalized spacial score (nSPS) is 16.1. The van der Waals surface area contributed by atoms with Crippen LogP contribution >= 0.6 is 0 Å². The van der Waals surface area contributed by atoms with Crippen LogP contribution in [0.3, 0.4) is 0 Å². The molecule has 0 bridgehead atoms. The lowest BCUT2D eigenvalue weighted by Gasteiger charge is -2.15. The first kappa shape index (κ1) is 18.7. The number of carbonyl (C=O) groups is 2. The summed E-state index contributed by atoms with van der Waals surface area (Å²) in [6, 6.07) is 18.8. The van der Waals surface area contributed by atoms with E-state index in [9.17, 15) is 9.59 Å². The second kappa shape index (κ2) is 7.43. The van der Waals surface area contributed by atoms with Crippen LogP contribution in [0.2, 0.25) is 0 Å². The van der Waals surface area contributed by atoms with Gasteiger partial charge in [0.15, 0.2) is 12.0 Å². The van der Waals surface area contributed by atoms with Crippen LogP contribution in [-0.4, -0.2) is 25.9 Å². The summed E-state index contributed by atoms with van der Waals surface area (Å²) in [6.07, 6.45) is -0.751. The molecule has 3 aromatic rings. The minimum atomic E-state index is -0.751. The van der Waals surface area contributed by atoms with Crippen molar-refractivity contribution in [3.8, 4) is 0 Å². The van der Waals surface area contributed by atoms with E-state index in [1.165, 1.54) is 7.11 Å². The summed E-state index contributed by atoms with van der Waals surface area (Å²) >= 11 is 0. The second-order valence-electron chi connectivity index (χ2n) is 6.96. The highest BCUT2D eigenvalue weighted by Crippen LogP contribution is 2.40. The SMILES string of the molecule is CNC1=C(c2cccc(C(=O)OC)c2)C(=O)C(c2cc(C)cc3ccccc23)O1. The molecule has 4 rings (SSSR count). The molecule has 1 aliphatic heterocycles. The number of fused-ring (bicyclic) bond motifs is 1. The summed E-state index contributed by atoms with van der Waals surface area (Å²) in [4.78, 5) is 25.4. The first-order chi connectivity index (χ1) is 14.0. The molecule has 0 fully saturated rings. The number of methoxy groups -OCH3 is 1. The molecule has 1 N–H and O–H groups in total. The van der Waals surface area contributed by atoms with Gasteiger partial charge >= 0.3 is 5.97 Å². The van der Waals surface area contributed by atoms with E-state index < -0.39 is 12.1 Å². The zero-order chi connectivity index (χ0) is 20.5. The fraction of sp³-hybridized carbons (Fsp3) is 0.167. The zero-order valence-corrected chi connectivity index (χ0v) is 16.5. The largest absolute Gasteiger partial charge is 0.465 e. The molecule has 0 spiro atoms. The summed E-state index contributed by atoms with van der Waals surface area (Å²) in [5.41, 5.74) is 3.31. The summed E-state index contributed by atoms with van der Waals surface area (Å²) in [5.74, 6) is -0.203. The summed E-state index contributed by atoms with van der Waals surface area (Å²) < 4.78 is 10.9. The fourth-order valence-electron chi connectivity index (χ4n) is 3.77. The van der Waals surface area contributed by atoms with Gasteiger partial charge in [-0.3, -0.25) is 4.79 Å². The van der Waals surface area contributed by atoms with Gasteiger partial charge in [0.1, 0.15) is 0 Å². The van der Waals surface area contributed by atoms with Crippen LogP contribution in [0.15, 0.2) is 66.5 Å². The van der Waals surface area contributed by atoms with Gasteiger partial charge in [-0.05, 0) is 35.4 Å². The molecule has 3 aromatic carbocycles. The monoisotopic (exact) mass is 387 g/mol. The molecular formula is C24H21NO4. The number of hydrogen-bond donors (Lipinski definition) is 1. The van der Waals surface area contributed by atoms with Crippen molar-refractivity contribution < 1.29 is 19.1 Å². The highest BCUT2D eigenvalue weighted by molar-refractivity contribution is 6.25. The van der Waals surface area contributed by atoms with Gasteiger partial charge in [-0.25, -0.2) is 4.79 Å². The predicted octanol–water partition coefficient (Wildman–Crippen LogP) is 4.16. The Labute approximate surface area is 168 Å². The van der Waals surface area contributed by atoms with Gasteiger partial charge in [0, 0.05) is 12.6 Å². The number of benzene rings is 3. The first-order valence-corrected chi connectivity index (χ1v) is 9.34. The zero-order valence-electron chi connectivity index (χ0n) is 16.5. The number of carbonyl (C=O) groups excluding carboxylic acids is 2. The molecule has 1 atom stereocenters. The van der Waals surface area contributed by atoms with Gasteiger partial charge < -0.3 is 14.8 Å². The van der Waals surface area contributed by atoms with Gasteiger partial charge in [0.2, 0.25) is 5.78 Å². The van der Waals surface area contributed by atoms with Gasteiger partial charge in [-0.15, -0.1) is 0 Å². The van der Waals surface area contributed by atoms with Crippen LogP contribution in [0.4, 0.5) is 0 Å². The Balaban J connectivity index is 1.80. The fourth-order valence-corrected chi connectivity index (χ4v) is 3.77. The topological polar surface area (TPSA) is 64.6 Å². The quantitative estimate of drug-likeness (QED) is 0.681. The standard InChI is InChI=1S/C24H21NO4/c1-14-11-15-7-4-5-10-18(15)19(12-14)22-21(26)20(23(25-2)29-22)16-8-6-9-17(13-16)24(27)28-3/h4-13,22,25H,1-3H3. The van der Waals surface area contributed by atoms with E-state index in [2.05, 4.69) is 11.4 Å². The van der Waals surface area contributed by atoms with Crippen LogP contribution in [0, 0.1) is 6.92 Å². The number of ether oxygens (including phenoxy) is 2. The number of nitrogens with one attached hydrogen (secondary N) is 1. The van der Waals surface area contributed by atoms with Crippen molar-refractivity contribution in [1.82, 2.24) is 5.32 Å². The van der Waals surface area contributed by atoms with Crippen LogP contribution in [0.5, 0.6) is 0 Å². The van der Waals surface area contributed by atoms with Crippen LogP contribution < -0.4 is 5.32 Å². The van der Waals surface area contributed by atoms with E-state index in [-0.39, 0.29) is 5.78 Å². The highest BCUT2D eigenvalue weighted by atomic mass is 16.5. The smallest absolute Gasteiger partial charge is 0.337 e. The maximum absolute atomic E-state index is 13.4. The molecule has 0 aromatic heterocycles. The Morgan fingerprint density at radius 3 is 2.62 bits per heavy atom. The molecule has 5 heteroatoms. The van der Waals surface area contributed by atoms with E-state index in [0.717, 1.165) is 21.9 Å². The molecule has 5 nitrogen and oxygen atoms in total. The lowest BCUT2D eigenvalue weighted by molar-refractivity contribution is -0.120. The Kier molecular flexibility index (Phi) is 4.80. The Morgan fingerprint density at radius 2 is 1.86 bits per heavy atom. The summed E-state index contributed by atoms with van der Waals surface area (Å²) in [7, 11) is 3.04. The molecule has 0 amide bonds. The van der Waals surface area contributed by atoms with Crippen molar-refractivity contribution >= 4 is 28.1 Å². The van der Waals surface area contributed by atoms with Crippen molar-refractivity contribution in [2.75, 3.05) is 14.2 Å². The molecule has 29 heavy (non-hydrogen) atoms. The number of Topliss-reactive ketones (excluding diaryl/α,β-unsaturated/α-hetero) is 1. The summed E-state index contributed by atoms with van der Waals surface area (Å²) in [5, 5.41) is 5.03. The molecule has 1 heterocycles. The Hall–Kier alpha value is -3.60. The number of aryl methyl sites for hydroxylation is 1. The molecule has 1 aliphatic rings. The van der Waals surface area contributed by atoms with Crippen LogP contribution in [-0.2, 0) is 14.3 Å². The Bertz CT molecular complexity index is 1160. The lowest BCUT2D eigenvalue weighted by Crippen LogP contribution is -2.11. The van der Waals surface area contributed by atoms with Crippen molar-refractivity contribution in [2.24, 2.45) is 0 Å². The average molecular weight is 387 g/mol. The van der Waals surface area contributed by atoms with Gasteiger partial charge in [0.05, 0.1) is 18.2 Å². The molecule has 0 aliphatic carbocycles. The number of hydrogen-bond acceptors (Lipinski definition) is 5. The number of ketones is 1. The minimum absolute atomic E-state index is 0.146. The molecule has 0 saturated carbocycles. The summed E-state index contributed by atoms with van der Waals surface area (Å²) in [6.45, 7) is 2.00. The van der Waals surface area contributed by atoms with Gasteiger partial charge in [-0.2, -0.15) is 0 Å². The third-order valence-electron chi connectivity index (χ3n) is 5.07. The van der Waals surface area contributed by atoms with E-state index in [0.29, 0.717) is 22.6 Å². The van der Waals surface area contributed by atoms with E-state index >= 15 is 0 Å². The minimum Gasteiger partial charge on any atom is -0.465 e. The van der Waals surface area contributed by atoms with Crippen LogP contribution in [0.25, 0.3) is 16.3 Å². The lowest BCUT2D eigenvalue weighted by atomic mass is 9.92. The second-order valence-corrected chi connectivity index (χ2v) is 6.96. The predicted molar refractivity (Wildman–Crippen MR) is 111 cm³/mol. The Morgan fingerprint density at radius 1 is 1.07 bits per heavy atom. The first-order valence-electron chi connectivity index (χ1n) is 9.34. The maximum Gasteiger partial charge on any atom is 0.337 e. The van der Waals surface area contributed by atoms with Crippen molar-refractivity contribution in [3.63, 3.8) is 0 Å². The highest BCUT2D eigenvalue weighted by Gasteiger charge is 2.38. The van der Waals surface area contributed by atoms with E-state index in [1.807, 2.05) is 37.3 Å². The molecule has 0 radical (unpaired) electrons. The van der Waals surface area contributed by atoms with Crippen molar-refractivity contribution in [3.05, 3.63) is 88.8 Å². The van der Waals surface area contributed by atoms with Gasteiger partial charge in [-0.1, -0.05) is 54.1 Å². The molecule has 1 unspecified atom stereocenters. The maximum atomic E-state index is 13.4. The molecule has 146 valence electrons. The van der Waals surface area contributed by atoms with E-state index in [4.69, 9.17) is 9.47 Å². The number of rotatable bonds is 4.